The Morgan fingerprint density at radius 3 is 2.81 bits per heavy atom. The van der Waals surface area contributed by atoms with E-state index < -0.39 is 0 Å². The van der Waals surface area contributed by atoms with E-state index >= 15 is 0 Å². The van der Waals surface area contributed by atoms with E-state index in [4.69, 9.17) is 4.74 Å². The predicted octanol–water partition coefficient (Wildman–Crippen LogP) is 1.76. The monoisotopic (exact) mass is 224 g/mol. The molecule has 0 heterocycles. The maximum absolute atomic E-state index is 11.7. The molecule has 2 aliphatic carbocycles. The van der Waals surface area contributed by atoms with Crippen LogP contribution in [0.3, 0.4) is 0 Å². The van der Waals surface area contributed by atoms with Crippen LogP contribution in [0.25, 0.3) is 0 Å². The van der Waals surface area contributed by atoms with Crippen molar-refractivity contribution in [3.8, 4) is 0 Å². The zero-order valence-corrected chi connectivity index (χ0v) is 10.1. The van der Waals surface area contributed by atoms with E-state index in [0.29, 0.717) is 18.3 Å². The maximum atomic E-state index is 11.7. The van der Waals surface area contributed by atoms with Crippen LogP contribution in [0, 0.1) is 23.7 Å². The topological polar surface area (TPSA) is 46.5 Å². The highest BCUT2D eigenvalue weighted by molar-refractivity contribution is 5.89. The highest BCUT2D eigenvalue weighted by Crippen LogP contribution is 2.49. The van der Waals surface area contributed by atoms with E-state index in [9.17, 15) is 9.90 Å². The first kappa shape index (κ1) is 11.6. The average molecular weight is 224 g/mol. The van der Waals surface area contributed by atoms with Crippen LogP contribution in [0.5, 0.6) is 0 Å². The van der Waals surface area contributed by atoms with E-state index in [1.54, 1.807) is 0 Å². The van der Waals surface area contributed by atoms with Crippen molar-refractivity contribution < 1.29 is 14.6 Å². The number of methoxy groups -OCH3 is 1. The van der Waals surface area contributed by atoms with Crippen molar-refractivity contribution in [2.24, 2.45) is 23.7 Å². The number of rotatable bonds is 1. The normalized spacial score (nSPS) is 42.5. The summed E-state index contributed by atoms with van der Waals surface area (Å²) in [5.41, 5.74) is 0.786. The van der Waals surface area contributed by atoms with Crippen LogP contribution in [0.4, 0.5) is 0 Å². The van der Waals surface area contributed by atoms with Crippen LogP contribution >= 0.6 is 0 Å². The summed E-state index contributed by atoms with van der Waals surface area (Å²) >= 11 is 0. The van der Waals surface area contributed by atoms with Gasteiger partial charge < -0.3 is 9.84 Å². The average Bonchev–Trinajstić information content (AvgIpc) is 2.56. The van der Waals surface area contributed by atoms with Crippen LogP contribution in [0.1, 0.15) is 26.7 Å². The van der Waals surface area contributed by atoms with Crippen LogP contribution in [0.15, 0.2) is 11.6 Å². The fourth-order valence-electron chi connectivity index (χ4n) is 3.48. The second kappa shape index (κ2) is 4.21. The second-order valence-corrected chi connectivity index (χ2v) is 5.21. The zero-order chi connectivity index (χ0) is 11.9. The van der Waals surface area contributed by atoms with Gasteiger partial charge >= 0.3 is 5.97 Å². The first-order chi connectivity index (χ1) is 7.56. The third kappa shape index (κ3) is 1.67. The van der Waals surface area contributed by atoms with Crippen molar-refractivity contribution in [1.29, 1.82) is 0 Å². The molecule has 1 saturated carbocycles. The molecule has 2 rings (SSSR count). The van der Waals surface area contributed by atoms with Crippen molar-refractivity contribution in [2.75, 3.05) is 7.11 Å². The molecule has 0 aromatic heterocycles. The minimum atomic E-state index is -0.274. The SMILES string of the molecule is COC(=O)C1=CCC(C)[C@@H]2[C@@H](C)[C@@H](O)C[C@H]12. The highest BCUT2D eigenvalue weighted by Gasteiger charge is 2.47. The van der Waals surface area contributed by atoms with E-state index in [-0.39, 0.29) is 23.9 Å². The van der Waals surface area contributed by atoms with Gasteiger partial charge in [0.1, 0.15) is 0 Å². The molecule has 0 bridgehead atoms. The number of allylic oxidation sites excluding steroid dienone is 1. The molecule has 1 fully saturated rings. The molecule has 5 atom stereocenters. The Morgan fingerprint density at radius 2 is 2.19 bits per heavy atom. The first-order valence-electron chi connectivity index (χ1n) is 6.02. The Bertz CT molecular complexity index is 321. The molecule has 1 N–H and O–H groups in total. The Hall–Kier alpha value is -0.830. The molecule has 3 heteroatoms. The Kier molecular flexibility index (Phi) is 3.06. The van der Waals surface area contributed by atoms with Crippen molar-refractivity contribution in [3.63, 3.8) is 0 Å². The van der Waals surface area contributed by atoms with Gasteiger partial charge in [0.15, 0.2) is 0 Å². The van der Waals surface area contributed by atoms with Gasteiger partial charge in [-0.15, -0.1) is 0 Å². The number of carbonyl (C=O) groups is 1. The largest absolute Gasteiger partial charge is 0.466 e. The molecule has 2 aliphatic rings. The minimum Gasteiger partial charge on any atom is -0.466 e. The predicted molar refractivity (Wildman–Crippen MR) is 60.6 cm³/mol. The minimum absolute atomic E-state index is 0.196. The molecule has 16 heavy (non-hydrogen) atoms. The van der Waals surface area contributed by atoms with Crippen molar-refractivity contribution in [1.82, 2.24) is 0 Å². The molecule has 0 radical (unpaired) electrons. The van der Waals surface area contributed by atoms with Gasteiger partial charge in [-0.1, -0.05) is 19.9 Å². The standard InChI is InChI=1S/C13H20O3/c1-7-4-5-9(13(15)16-3)10-6-11(14)8(2)12(7)10/h5,7-8,10-12,14H,4,6H2,1-3H3/t7?,8-,10+,11-,12+/m0/s1. The van der Waals surface area contributed by atoms with Gasteiger partial charge in [-0.3, -0.25) is 0 Å². The lowest BCUT2D eigenvalue weighted by molar-refractivity contribution is -0.137. The number of fused-ring (bicyclic) bond motifs is 1. The van der Waals surface area contributed by atoms with Gasteiger partial charge in [-0.05, 0) is 36.5 Å². The maximum Gasteiger partial charge on any atom is 0.333 e. The lowest BCUT2D eigenvalue weighted by Gasteiger charge is -2.33. The third-order valence-electron chi connectivity index (χ3n) is 4.36. The first-order valence-corrected chi connectivity index (χ1v) is 6.02. The molecule has 0 aliphatic heterocycles. The molecule has 3 nitrogen and oxygen atoms in total. The van der Waals surface area contributed by atoms with Gasteiger partial charge in [0.25, 0.3) is 0 Å². The van der Waals surface area contributed by atoms with Gasteiger partial charge in [0, 0.05) is 5.57 Å². The lowest BCUT2D eigenvalue weighted by Crippen LogP contribution is -2.30. The summed E-state index contributed by atoms with van der Waals surface area (Å²) in [7, 11) is 1.42. The number of hydrogen-bond donors (Lipinski definition) is 1. The number of aliphatic hydroxyl groups excluding tert-OH is 1. The van der Waals surface area contributed by atoms with Gasteiger partial charge in [0.05, 0.1) is 13.2 Å². The summed E-state index contributed by atoms with van der Waals surface area (Å²) < 4.78 is 4.81. The molecule has 0 spiro atoms. The van der Waals surface area contributed by atoms with Crippen LogP contribution < -0.4 is 0 Å². The molecular formula is C13H20O3. The van der Waals surface area contributed by atoms with Crippen LogP contribution in [-0.4, -0.2) is 24.3 Å². The summed E-state index contributed by atoms with van der Waals surface area (Å²) in [5.74, 6) is 1.23. The Labute approximate surface area is 96.5 Å². The fourth-order valence-corrected chi connectivity index (χ4v) is 3.48. The van der Waals surface area contributed by atoms with Gasteiger partial charge in [0.2, 0.25) is 0 Å². The Balaban J connectivity index is 2.28. The summed E-state index contributed by atoms with van der Waals surface area (Å²) in [6.45, 7) is 4.29. The smallest absolute Gasteiger partial charge is 0.333 e. The molecule has 1 unspecified atom stereocenters. The van der Waals surface area contributed by atoms with Crippen molar-refractivity contribution in [3.05, 3.63) is 11.6 Å². The second-order valence-electron chi connectivity index (χ2n) is 5.21. The molecular weight excluding hydrogens is 204 g/mol. The van der Waals surface area contributed by atoms with E-state index in [1.807, 2.05) is 6.08 Å². The highest BCUT2D eigenvalue weighted by atomic mass is 16.5. The Morgan fingerprint density at radius 1 is 1.50 bits per heavy atom. The van der Waals surface area contributed by atoms with E-state index in [2.05, 4.69) is 13.8 Å². The van der Waals surface area contributed by atoms with Crippen molar-refractivity contribution >= 4 is 5.97 Å². The summed E-state index contributed by atoms with van der Waals surface area (Å²) in [5, 5.41) is 9.94. The number of esters is 1. The number of aliphatic hydroxyl groups is 1. The molecule has 0 aromatic carbocycles. The van der Waals surface area contributed by atoms with Crippen LogP contribution in [0.2, 0.25) is 0 Å². The third-order valence-corrected chi connectivity index (χ3v) is 4.36. The van der Waals surface area contributed by atoms with E-state index in [1.165, 1.54) is 7.11 Å². The van der Waals surface area contributed by atoms with Gasteiger partial charge in [-0.2, -0.15) is 0 Å². The summed E-state index contributed by atoms with van der Waals surface area (Å²) in [6, 6.07) is 0. The molecule has 0 amide bonds. The number of hydrogen-bond acceptors (Lipinski definition) is 3. The quantitative estimate of drug-likeness (QED) is 0.690. The van der Waals surface area contributed by atoms with Crippen molar-refractivity contribution in [2.45, 2.75) is 32.8 Å². The summed E-state index contributed by atoms with van der Waals surface area (Å²) in [4.78, 5) is 11.7. The van der Waals surface area contributed by atoms with Crippen LogP contribution in [-0.2, 0) is 9.53 Å². The lowest BCUT2D eigenvalue weighted by atomic mass is 9.72. The fraction of sp³-hybridized carbons (Fsp3) is 0.769. The van der Waals surface area contributed by atoms with E-state index in [0.717, 1.165) is 12.0 Å². The molecule has 0 saturated heterocycles. The zero-order valence-electron chi connectivity index (χ0n) is 10.1. The number of ether oxygens (including phenoxy) is 1. The number of carbonyl (C=O) groups excluding carboxylic acids is 1. The van der Waals surface area contributed by atoms with Gasteiger partial charge in [-0.25, -0.2) is 4.79 Å². The summed E-state index contributed by atoms with van der Waals surface area (Å²) in [6.07, 6.45) is 3.35. The molecule has 90 valence electrons. The molecule has 0 aromatic rings.